The van der Waals surface area contributed by atoms with Crippen LogP contribution in [0.2, 0.25) is 0 Å². The van der Waals surface area contributed by atoms with Crippen molar-refractivity contribution in [3.63, 3.8) is 0 Å². The second kappa shape index (κ2) is 6.52. The lowest BCUT2D eigenvalue weighted by molar-refractivity contribution is 0.0699. The van der Waals surface area contributed by atoms with Crippen molar-refractivity contribution in [3.8, 4) is 5.69 Å². The average Bonchev–Trinajstić information content (AvgIpc) is 2.55. The summed E-state index contributed by atoms with van der Waals surface area (Å²) in [5.74, 6) is -0.885. The zero-order chi connectivity index (χ0) is 17.3. The second-order valence-electron chi connectivity index (χ2n) is 5.97. The molecule has 1 atom stereocenters. The van der Waals surface area contributed by atoms with Gasteiger partial charge in [0.15, 0.2) is 5.69 Å². The van der Waals surface area contributed by atoms with Gasteiger partial charge in [0, 0.05) is 37.4 Å². The van der Waals surface area contributed by atoms with Crippen LogP contribution in [0.15, 0.2) is 35.1 Å². The molecule has 3 rings (SSSR count). The summed E-state index contributed by atoms with van der Waals surface area (Å²) in [6, 6.07) is 7.59. The number of carbonyl (C=O) groups excluding carboxylic acids is 1. The lowest BCUT2D eigenvalue weighted by Gasteiger charge is -2.31. The molecule has 1 aromatic heterocycles. The smallest absolute Gasteiger partial charge is 0.278 e. The molecule has 1 saturated heterocycles. The fourth-order valence-electron chi connectivity index (χ4n) is 2.83. The first-order valence-electron chi connectivity index (χ1n) is 7.86. The van der Waals surface area contributed by atoms with Crippen LogP contribution in [0.25, 0.3) is 5.69 Å². The molecule has 1 unspecified atom stereocenters. The second-order valence-corrected chi connectivity index (χ2v) is 5.97. The Bertz CT molecular complexity index is 834. The van der Waals surface area contributed by atoms with Gasteiger partial charge >= 0.3 is 0 Å². The van der Waals surface area contributed by atoms with Crippen molar-refractivity contribution in [1.29, 1.82) is 0 Å². The molecule has 2 aromatic rings. The number of nitrogens with zero attached hydrogens (tertiary/aromatic N) is 3. The van der Waals surface area contributed by atoms with E-state index in [0.717, 1.165) is 0 Å². The predicted octanol–water partition coefficient (Wildman–Crippen LogP) is 1.11. The molecule has 1 N–H and O–H groups in total. The topological polar surface area (TPSA) is 67.2 Å². The molecule has 7 heteroatoms. The van der Waals surface area contributed by atoms with E-state index in [0.29, 0.717) is 25.3 Å². The van der Waals surface area contributed by atoms with E-state index < -0.39 is 17.2 Å². The molecule has 0 bridgehead atoms. The lowest BCUT2D eigenvalue weighted by atomic mass is 10.2. The van der Waals surface area contributed by atoms with Crippen LogP contribution in [0.4, 0.5) is 4.39 Å². The number of para-hydroxylation sites is 1. The summed E-state index contributed by atoms with van der Waals surface area (Å²) in [6.45, 7) is 5.31. The van der Waals surface area contributed by atoms with Gasteiger partial charge in [0.1, 0.15) is 11.5 Å². The van der Waals surface area contributed by atoms with Crippen molar-refractivity contribution in [2.45, 2.75) is 19.9 Å². The number of aryl methyl sites for hydroxylation is 1. The highest BCUT2D eigenvalue weighted by Crippen LogP contribution is 2.13. The maximum absolute atomic E-state index is 14.1. The molecule has 1 fully saturated rings. The molecule has 1 amide bonds. The Kier molecular flexibility index (Phi) is 4.44. The van der Waals surface area contributed by atoms with Gasteiger partial charge in [-0.25, -0.2) is 9.07 Å². The quantitative estimate of drug-likeness (QED) is 0.896. The number of rotatable bonds is 2. The van der Waals surface area contributed by atoms with Gasteiger partial charge in [-0.2, -0.15) is 5.10 Å². The highest BCUT2D eigenvalue weighted by molar-refractivity contribution is 5.92. The number of hydrogen-bond donors (Lipinski definition) is 1. The van der Waals surface area contributed by atoms with Gasteiger partial charge in [0.05, 0.1) is 0 Å². The summed E-state index contributed by atoms with van der Waals surface area (Å²) < 4.78 is 15.4. The van der Waals surface area contributed by atoms with Crippen molar-refractivity contribution < 1.29 is 9.18 Å². The number of benzene rings is 1. The van der Waals surface area contributed by atoms with Gasteiger partial charge in [-0.05, 0) is 26.0 Å². The number of piperazine rings is 1. The molecule has 2 heterocycles. The number of nitrogens with one attached hydrogen (secondary N) is 1. The highest BCUT2D eigenvalue weighted by Gasteiger charge is 2.25. The van der Waals surface area contributed by atoms with Crippen molar-refractivity contribution in [1.82, 2.24) is 20.0 Å². The lowest BCUT2D eigenvalue weighted by Crippen LogP contribution is -2.52. The molecule has 0 radical (unpaired) electrons. The molecule has 0 spiro atoms. The third-order valence-electron chi connectivity index (χ3n) is 4.05. The van der Waals surface area contributed by atoms with Crippen LogP contribution in [-0.2, 0) is 0 Å². The molecule has 0 saturated carbocycles. The summed E-state index contributed by atoms with van der Waals surface area (Å²) in [5.41, 5.74) is 0.0438. The molecule has 24 heavy (non-hydrogen) atoms. The van der Waals surface area contributed by atoms with Crippen molar-refractivity contribution in [3.05, 3.63) is 57.8 Å². The normalized spacial score (nSPS) is 17.8. The molecule has 1 aliphatic rings. The van der Waals surface area contributed by atoms with E-state index in [2.05, 4.69) is 10.4 Å². The van der Waals surface area contributed by atoms with Crippen LogP contribution < -0.4 is 10.7 Å². The van der Waals surface area contributed by atoms with Crippen LogP contribution in [-0.4, -0.2) is 46.3 Å². The maximum Gasteiger partial charge on any atom is 0.278 e. The number of hydrogen-bond acceptors (Lipinski definition) is 4. The summed E-state index contributed by atoms with van der Waals surface area (Å²) in [6.07, 6.45) is 0. The van der Waals surface area contributed by atoms with E-state index in [1.807, 2.05) is 6.92 Å². The Morgan fingerprint density at radius 3 is 2.83 bits per heavy atom. The molecular weight excluding hydrogens is 311 g/mol. The highest BCUT2D eigenvalue weighted by atomic mass is 19.1. The van der Waals surface area contributed by atoms with Gasteiger partial charge in [-0.1, -0.05) is 12.1 Å². The minimum absolute atomic E-state index is 0.155. The molecule has 1 aliphatic heterocycles. The Morgan fingerprint density at radius 2 is 2.12 bits per heavy atom. The van der Waals surface area contributed by atoms with Gasteiger partial charge in [0.25, 0.3) is 5.91 Å². The fourth-order valence-corrected chi connectivity index (χ4v) is 2.83. The number of halogens is 1. The fraction of sp³-hybridized carbons (Fsp3) is 0.353. The van der Waals surface area contributed by atoms with Crippen LogP contribution in [0, 0.1) is 12.7 Å². The van der Waals surface area contributed by atoms with Crippen molar-refractivity contribution >= 4 is 5.91 Å². The van der Waals surface area contributed by atoms with E-state index in [1.54, 1.807) is 30.0 Å². The van der Waals surface area contributed by atoms with E-state index >= 15 is 0 Å². The van der Waals surface area contributed by atoms with E-state index in [4.69, 9.17) is 0 Å². The minimum atomic E-state index is -0.467. The third-order valence-corrected chi connectivity index (χ3v) is 4.05. The summed E-state index contributed by atoms with van der Waals surface area (Å²) >= 11 is 0. The van der Waals surface area contributed by atoms with Gasteiger partial charge in [-0.15, -0.1) is 0 Å². The Labute approximate surface area is 138 Å². The monoisotopic (exact) mass is 330 g/mol. The zero-order valence-electron chi connectivity index (χ0n) is 13.6. The van der Waals surface area contributed by atoms with Crippen LogP contribution in [0.3, 0.4) is 0 Å². The SMILES string of the molecule is Cc1cc(=O)c(C(=O)N2CCNC(C)C2)nn1-c1ccccc1F. The largest absolute Gasteiger partial charge is 0.334 e. The molecular formula is C17H19FN4O2. The number of aromatic nitrogens is 2. The average molecular weight is 330 g/mol. The van der Waals surface area contributed by atoms with Crippen LogP contribution in [0.1, 0.15) is 23.1 Å². The Balaban J connectivity index is 2.03. The van der Waals surface area contributed by atoms with Gasteiger partial charge in [0.2, 0.25) is 5.43 Å². The molecule has 6 nitrogen and oxygen atoms in total. The first-order chi connectivity index (χ1) is 11.5. The number of amides is 1. The van der Waals surface area contributed by atoms with Crippen molar-refractivity contribution in [2.24, 2.45) is 0 Å². The third kappa shape index (κ3) is 3.07. The van der Waals surface area contributed by atoms with E-state index in [-0.39, 0.29) is 17.4 Å². The molecule has 126 valence electrons. The van der Waals surface area contributed by atoms with Crippen molar-refractivity contribution in [2.75, 3.05) is 19.6 Å². The van der Waals surface area contributed by atoms with Gasteiger partial charge < -0.3 is 10.2 Å². The van der Waals surface area contributed by atoms with E-state index in [1.165, 1.54) is 16.8 Å². The molecule has 1 aromatic carbocycles. The summed E-state index contributed by atoms with van der Waals surface area (Å²) in [5, 5.41) is 7.40. The molecule has 0 aliphatic carbocycles. The van der Waals surface area contributed by atoms with E-state index in [9.17, 15) is 14.0 Å². The first kappa shape index (κ1) is 16.3. The summed E-state index contributed by atoms with van der Waals surface area (Å²) in [4.78, 5) is 26.5. The van der Waals surface area contributed by atoms with Gasteiger partial charge in [-0.3, -0.25) is 9.59 Å². The van der Waals surface area contributed by atoms with Crippen LogP contribution in [0.5, 0.6) is 0 Å². The predicted molar refractivity (Wildman–Crippen MR) is 87.9 cm³/mol. The number of carbonyl (C=O) groups is 1. The zero-order valence-corrected chi connectivity index (χ0v) is 13.6. The minimum Gasteiger partial charge on any atom is -0.334 e. The summed E-state index contributed by atoms with van der Waals surface area (Å²) in [7, 11) is 0. The first-order valence-corrected chi connectivity index (χ1v) is 7.86. The Morgan fingerprint density at radius 1 is 1.38 bits per heavy atom. The maximum atomic E-state index is 14.1. The van der Waals surface area contributed by atoms with Crippen LogP contribution >= 0.6 is 0 Å². The Hall–Kier alpha value is -2.54. The standard InChI is InChI=1S/C17H19FN4O2/c1-11-10-21(8-7-19-11)17(24)16-15(23)9-12(2)22(20-16)14-6-4-3-5-13(14)18/h3-6,9,11,19H,7-8,10H2,1-2H3.